The minimum absolute atomic E-state index is 0.0318. The normalized spacial score (nSPS) is 10.7. The lowest BCUT2D eigenvalue weighted by Crippen LogP contribution is -2.30. The Morgan fingerprint density at radius 3 is 2.12 bits per heavy atom. The van der Waals surface area contributed by atoms with E-state index in [0.717, 1.165) is 27.9 Å². The fourth-order valence-corrected chi connectivity index (χ4v) is 3.03. The van der Waals surface area contributed by atoms with E-state index in [4.69, 9.17) is 9.47 Å². The molecule has 1 amide bonds. The Morgan fingerprint density at radius 1 is 0.962 bits per heavy atom. The molecule has 2 aromatic rings. The summed E-state index contributed by atoms with van der Waals surface area (Å²) in [6.07, 6.45) is 0. The van der Waals surface area contributed by atoms with Gasteiger partial charge in [0.25, 0.3) is 0 Å². The highest BCUT2D eigenvalue weighted by Crippen LogP contribution is 2.30. The van der Waals surface area contributed by atoms with Gasteiger partial charge in [-0.15, -0.1) is 0 Å². The Balaban J connectivity index is 2.01. The minimum Gasteiger partial charge on any atom is -0.493 e. The summed E-state index contributed by atoms with van der Waals surface area (Å²) in [6, 6.07) is 9.96. The molecule has 2 aromatic carbocycles. The molecular formula is C21H28N2O3. The lowest BCUT2D eigenvalue weighted by Gasteiger charge is -2.19. The standard InChI is InChI=1S/C21H28N2O3/c1-14-7-15(2)9-18(8-14)22-21(24)13-23(4)12-17-11-20(26-6)19(25-5)10-16(17)3/h7-11H,12-13H2,1-6H3,(H,22,24). The number of benzene rings is 2. The Morgan fingerprint density at radius 2 is 1.54 bits per heavy atom. The summed E-state index contributed by atoms with van der Waals surface area (Å²) in [5.41, 5.74) is 5.31. The van der Waals surface area contributed by atoms with Gasteiger partial charge in [-0.25, -0.2) is 0 Å². The van der Waals surface area contributed by atoms with Gasteiger partial charge in [-0.05, 0) is 74.3 Å². The molecule has 26 heavy (non-hydrogen) atoms. The second-order valence-electron chi connectivity index (χ2n) is 6.73. The van der Waals surface area contributed by atoms with Crippen LogP contribution in [0.25, 0.3) is 0 Å². The van der Waals surface area contributed by atoms with Crippen molar-refractivity contribution in [2.45, 2.75) is 27.3 Å². The van der Waals surface area contributed by atoms with E-state index in [-0.39, 0.29) is 5.91 Å². The van der Waals surface area contributed by atoms with Crippen LogP contribution in [0.3, 0.4) is 0 Å². The predicted molar refractivity (Wildman–Crippen MR) is 105 cm³/mol. The molecule has 2 rings (SSSR count). The Bertz CT molecular complexity index is 767. The van der Waals surface area contributed by atoms with E-state index >= 15 is 0 Å². The largest absolute Gasteiger partial charge is 0.493 e. The highest BCUT2D eigenvalue weighted by molar-refractivity contribution is 5.92. The second kappa shape index (κ2) is 8.72. The first-order valence-electron chi connectivity index (χ1n) is 8.60. The van der Waals surface area contributed by atoms with E-state index in [1.165, 1.54) is 0 Å². The van der Waals surface area contributed by atoms with Gasteiger partial charge in [-0.3, -0.25) is 9.69 Å². The molecule has 0 aliphatic rings. The molecular weight excluding hydrogens is 328 g/mol. The zero-order valence-corrected chi connectivity index (χ0v) is 16.5. The third-order valence-corrected chi connectivity index (χ3v) is 4.20. The summed E-state index contributed by atoms with van der Waals surface area (Å²) in [7, 11) is 5.18. The first-order chi connectivity index (χ1) is 12.3. The van der Waals surface area contributed by atoms with Crippen molar-refractivity contribution in [3.05, 3.63) is 52.6 Å². The van der Waals surface area contributed by atoms with Crippen molar-refractivity contribution >= 4 is 11.6 Å². The van der Waals surface area contributed by atoms with E-state index in [1.54, 1.807) is 14.2 Å². The lowest BCUT2D eigenvalue weighted by atomic mass is 10.1. The summed E-state index contributed by atoms with van der Waals surface area (Å²) in [5.74, 6) is 1.38. The van der Waals surface area contributed by atoms with Gasteiger partial charge in [0.15, 0.2) is 11.5 Å². The van der Waals surface area contributed by atoms with Crippen LogP contribution in [-0.4, -0.2) is 38.6 Å². The van der Waals surface area contributed by atoms with Crippen molar-refractivity contribution < 1.29 is 14.3 Å². The maximum absolute atomic E-state index is 12.3. The van der Waals surface area contributed by atoms with E-state index < -0.39 is 0 Å². The van der Waals surface area contributed by atoms with Crippen LogP contribution in [0.4, 0.5) is 5.69 Å². The highest BCUT2D eigenvalue weighted by atomic mass is 16.5. The zero-order chi connectivity index (χ0) is 19.3. The zero-order valence-electron chi connectivity index (χ0n) is 16.5. The number of ether oxygens (including phenoxy) is 2. The van der Waals surface area contributed by atoms with Crippen LogP contribution in [0, 0.1) is 20.8 Å². The molecule has 1 N–H and O–H groups in total. The average molecular weight is 356 g/mol. The van der Waals surface area contributed by atoms with Crippen LogP contribution in [0.2, 0.25) is 0 Å². The van der Waals surface area contributed by atoms with Crippen LogP contribution in [-0.2, 0) is 11.3 Å². The average Bonchev–Trinajstić information content (AvgIpc) is 2.54. The molecule has 0 radical (unpaired) electrons. The fourth-order valence-electron chi connectivity index (χ4n) is 3.03. The van der Waals surface area contributed by atoms with Gasteiger partial charge in [0.1, 0.15) is 0 Å². The number of likely N-dealkylation sites (N-methyl/N-ethyl adjacent to an activating group) is 1. The van der Waals surface area contributed by atoms with E-state index in [2.05, 4.69) is 11.4 Å². The Labute approximate surface area is 155 Å². The third-order valence-electron chi connectivity index (χ3n) is 4.20. The van der Waals surface area contributed by atoms with Gasteiger partial charge < -0.3 is 14.8 Å². The number of methoxy groups -OCH3 is 2. The minimum atomic E-state index is -0.0318. The van der Waals surface area contributed by atoms with Gasteiger partial charge in [0.2, 0.25) is 5.91 Å². The molecule has 0 aromatic heterocycles. The summed E-state index contributed by atoms with van der Waals surface area (Å²) < 4.78 is 10.7. The van der Waals surface area contributed by atoms with Crippen LogP contribution >= 0.6 is 0 Å². The maximum atomic E-state index is 12.3. The number of carbonyl (C=O) groups excluding carboxylic acids is 1. The van der Waals surface area contributed by atoms with Crippen LogP contribution in [0.15, 0.2) is 30.3 Å². The van der Waals surface area contributed by atoms with Crippen molar-refractivity contribution in [1.82, 2.24) is 4.90 Å². The number of hydrogen-bond acceptors (Lipinski definition) is 4. The lowest BCUT2D eigenvalue weighted by molar-refractivity contribution is -0.117. The number of rotatable bonds is 7. The molecule has 5 nitrogen and oxygen atoms in total. The number of carbonyl (C=O) groups is 1. The quantitative estimate of drug-likeness (QED) is 0.822. The highest BCUT2D eigenvalue weighted by Gasteiger charge is 2.13. The molecule has 0 fully saturated rings. The molecule has 0 spiro atoms. The molecule has 0 atom stereocenters. The van der Waals surface area contributed by atoms with Gasteiger partial charge in [0.05, 0.1) is 20.8 Å². The molecule has 0 unspecified atom stereocenters. The molecule has 0 heterocycles. The summed E-state index contributed by atoms with van der Waals surface area (Å²) >= 11 is 0. The number of nitrogens with one attached hydrogen (secondary N) is 1. The van der Waals surface area contributed by atoms with Crippen molar-refractivity contribution in [3.63, 3.8) is 0 Å². The van der Waals surface area contributed by atoms with Crippen molar-refractivity contribution in [3.8, 4) is 11.5 Å². The van der Waals surface area contributed by atoms with Crippen LogP contribution in [0.5, 0.6) is 11.5 Å². The van der Waals surface area contributed by atoms with E-state index in [0.29, 0.717) is 24.6 Å². The number of anilines is 1. The number of aryl methyl sites for hydroxylation is 3. The van der Waals surface area contributed by atoms with E-state index in [9.17, 15) is 4.79 Å². The number of hydrogen-bond donors (Lipinski definition) is 1. The van der Waals surface area contributed by atoms with Gasteiger partial charge in [0, 0.05) is 12.2 Å². The molecule has 140 valence electrons. The molecule has 5 heteroatoms. The van der Waals surface area contributed by atoms with Crippen molar-refractivity contribution in [1.29, 1.82) is 0 Å². The topological polar surface area (TPSA) is 50.8 Å². The molecule has 0 saturated carbocycles. The van der Waals surface area contributed by atoms with Crippen LogP contribution < -0.4 is 14.8 Å². The van der Waals surface area contributed by atoms with Crippen LogP contribution in [0.1, 0.15) is 22.3 Å². The van der Waals surface area contributed by atoms with Crippen molar-refractivity contribution in [2.75, 3.05) is 33.1 Å². The number of amides is 1. The first kappa shape index (κ1) is 19.8. The van der Waals surface area contributed by atoms with Gasteiger partial charge >= 0.3 is 0 Å². The molecule has 0 aliphatic heterocycles. The Kier molecular flexibility index (Phi) is 6.64. The molecule has 0 aliphatic carbocycles. The predicted octanol–water partition coefficient (Wildman–Crippen LogP) is 3.70. The van der Waals surface area contributed by atoms with Gasteiger partial charge in [-0.1, -0.05) is 6.07 Å². The third kappa shape index (κ3) is 5.23. The maximum Gasteiger partial charge on any atom is 0.238 e. The summed E-state index contributed by atoms with van der Waals surface area (Å²) in [6.45, 7) is 7.02. The van der Waals surface area contributed by atoms with Crippen molar-refractivity contribution in [2.24, 2.45) is 0 Å². The number of nitrogens with zero attached hydrogens (tertiary/aromatic N) is 1. The smallest absolute Gasteiger partial charge is 0.238 e. The Hall–Kier alpha value is -2.53. The monoisotopic (exact) mass is 356 g/mol. The summed E-state index contributed by atoms with van der Waals surface area (Å²) in [5, 5.41) is 2.97. The SMILES string of the molecule is COc1cc(C)c(CN(C)CC(=O)Nc2cc(C)cc(C)c2)cc1OC. The van der Waals surface area contributed by atoms with E-state index in [1.807, 2.05) is 57.0 Å². The molecule has 0 saturated heterocycles. The summed E-state index contributed by atoms with van der Waals surface area (Å²) in [4.78, 5) is 14.3. The second-order valence-corrected chi connectivity index (χ2v) is 6.73. The van der Waals surface area contributed by atoms with Gasteiger partial charge in [-0.2, -0.15) is 0 Å². The fraction of sp³-hybridized carbons (Fsp3) is 0.381. The molecule has 0 bridgehead atoms. The first-order valence-corrected chi connectivity index (χ1v) is 8.60.